The first kappa shape index (κ1) is 18.9. The van der Waals surface area contributed by atoms with Crippen LogP contribution in [0.2, 0.25) is 5.02 Å². The van der Waals surface area contributed by atoms with E-state index in [1.807, 2.05) is 12.1 Å². The smallest absolute Gasteiger partial charge is 0.355 e. The van der Waals surface area contributed by atoms with Gasteiger partial charge < -0.3 is 15.4 Å². The normalized spacial score (nSPS) is 14.8. The molecule has 1 heterocycles. The first-order valence-electron chi connectivity index (χ1n) is 7.11. The SMILES string of the molecule is NCC(CP(=O)(O)OO)c1ccc(Cl)c(OCc2ccncc2)c1. The maximum Gasteiger partial charge on any atom is 0.355 e. The Morgan fingerprint density at radius 3 is 2.62 bits per heavy atom. The number of halogens is 1. The molecule has 0 aliphatic carbocycles. The van der Waals surface area contributed by atoms with Crippen molar-refractivity contribution >= 4 is 19.2 Å². The predicted molar refractivity (Wildman–Crippen MR) is 90.2 cm³/mol. The molecule has 9 heteroatoms. The largest absolute Gasteiger partial charge is 0.487 e. The Morgan fingerprint density at radius 2 is 2.00 bits per heavy atom. The Hall–Kier alpha value is -1.47. The van der Waals surface area contributed by atoms with E-state index < -0.39 is 13.5 Å². The third kappa shape index (κ3) is 5.27. The second-order valence-corrected chi connectivity index (χ2v) is 7.38. The Morgan fingerprint density at radius 1 is 1.29 bits per heavy atom. The van der Waals surface area contributed by atoms with E-state index in [1.54, 1.807) is 30.6 Å². The summed E-state index contributed by atoms with van der Waals surface area (Å²) in [4.78, 5) is 13.4. The van der Waals surface area contributed by atoms with Crippen LogP contribution in [0.15, 0.2) is 42.7 Å². The number of hydrogen-bond acceptors (Lipinski definition) is 6. The standard InChI is InChI=1S/C15H18ClN2O5P/c16-14-2-1-12(13(8-17)10-24(20,21)23-19)7-15(14)22-9-11-3-5-18-6-4-11/h1-7,13,19H,8-10,17H2,(H,20,21). The van der Waals surface area contributed by atoms with Crippen molar-refractivity contribution in [2.45, 2.75) is 12.5 Å². The lowest BCUT2D eigenvalue weighted by molar-refractivity contribution is -0.145. The third-order valence-corrected chi connectivity index (χ3v) is 4.90. The lowest BCUT2D eigenvalue weighted by Crippen LogP contribution is -2.17. The lowest BCUT2D eigenvalue weighted by Gasteiger charge is -2.18. The van der Waals surface area contributed by atoms with Crippen LogP contribution in [0.4, 0.5) is 0 Å². The first-order chi connectivity index (χ1) is 11.4. The molecule has 130 valence electrons. The van der Waals surface area contributed by atoms with E-state index in [-0.39, 0.29) is 12.7 Å². The van der Waals surface area contributed by atoms with Gasteiger partial charge in [0.25, 0.3) is 0 Å². The van der Waals surface area contributed by atoms with E-state index in [0.717, 1.165) is 5.56 Å². The zero-order valence-electron chi connectivity index (χ0n) is 12.7. The zero-order valence-corrected chi connectivity index (χ0v) is 14.4. The van der Waals surface area contributed by atoms with Crippen LogP contribution in [-0.2, 0) is 15.8 Å². The summed E-state index contributed by atoms with van der Waals surface area (Å²) >= 11 is 6.13. The van der Waals surface area contributed by atoms with Gasteiger partial charge in [-0.3, -0.25) is 9.55 Å². The average Bonchev–Trinajstić information content (AvgIpc) is 2.60. The van der Waals surface area contributed by atoms with Crippen LogP contribution >= 0.6 is 19.2 Å². The number of pyridine rings is 1. The van der Waals surface area contributed by atoms with Crippen LogP contribution in [-0.4, -0.2) is 27.8 Å². The summed E-state index contributed by atoms with van der Waals surface area (Å²) in [5.41, 5.74) is 7.26. The van der Waals surface area contributed by atoms with Gasteiger partial charge in [-0.1, -0.05) is 17.7 Å². The maximum atomic E-state index is 11.6. The Labute approximate surface area is 144 Å². The number of nitrogens with zero attached hydrogens (tertiary/aromatic N) is 1. The molecule has 0 spiro atoms. The van der Waals surface area contributed by atoms with E-state index in [0.29, 0.717) is 22.9 Å². The second-order valence-electron chi connectivity index (χ2n) is 5.17. The average molecular weight is 373 g/mol. The van der Waals surface area contributed by atoms with Crippen LogP contribution < -0.4 is 10.5 Å². The summed E-state index contributed by atoms with van der Waals surface area (Å²) < 4.78 is 20.9. The summed E-state index contributed by atoms with van der Waals surface area (Å²) in [5.74, 6) is -0.0596. The van der Waals surface area contributed by atoms with Gasteiger partial charge in [-0.25, -0.2) is 5.26 Å². The molecule has 7 nitrogen and oxygen atoms in total. The number of nitrogens with two attached hydrogens (primary N) is 1. The fourth-order valence-electron chi connectivity index (χ4n) is 2.15. The van der Waals surface area contributed by atoms with Crippen LogP contribution in [0.3, 0.4) is 0 Å². The van der Waals surface area contributed by atoms with Crippen molar-refractivity contribution < 1.29 is 24.1 Å². The summed E-state index contributed by atoms with van der Waals surface area (Å²) in [7, 11) is -4.11. The number of ether oxygens (including phenoxy) is 1. The Balaban J connectivity index is 2.16. The summed E-state index contributed by atoms with van der Waals surface area (Å²) in [5, 5.41) is 8.90. The van der Waals surface area contributed by atoms with Crippen molar-refractivity contribution in [1.29, 1.82) is 0 Å². The third-order valence-electron chi connectivity index (χ3n) is 3.43. The summed E-state index contributed by atoms with van der Waals surface area (Å²) in [6.07, 6.45) is 3.01. The van der Waals surface area contributed by atoms with Crippen molar-refractivity contribution in [3.8, 4) is 5.75 Å². The molecular formula is C15H18ClN2O5P. The van der Waals surface area contributed by atoms with Gasteiger partial charge in [0.15, 0.2) is 0 Å². The second kappa shape index (κ2) is 8.58. The minimum Gasteiger partial charge on any atom is -0.487 e. The fourth-order valence-corrected chi connectivity index (χ4v) is 3.31. The van der Waals surface area contributed by atoms with E-state index in [4.69, 9.17) is 27.3 Å². The van der Waals surface area contributed by atoms with Gasteiger partial charge >= 0.3 is 7.60 Å². The molecule has 1 aromatic heterocycles. The highest BCUT2D eigenvalue weighted by Gasteiger charge is 2.26. The van der Waals surface area contributed by atoms with Gasteiger partial charge in [0, 0.05) is 18.3 Å². The van der Waals surface area contributed by atoms with Crippen molar-refractivity contribution in [3.63, 3.8) is 0 Å². The molecule has 2 aromatic rings. The molecule has 0 aliphatic heterocycles. The molecule has 1 aromatic carbocycles. The van der Waals surface area contributed by atoms with Gasteiger partial charge in [-0.05, 0) is 41.9 Å². The van der Waals surface area contributed by atoms with Crippen molar-refractivity contribution in [1.82, 2.24) is 4.98 Å². The Bertz CT molecular complexity index is 716. The molecular weight excluding hydrogens is 355 g/mol. The number of aromatic nitrogens is 1. The Kier molecular flexibility index (Phi) is 6.74. The highest BCUT2D eigenvalue weighted by Crippen LogP contribution is 2.45. The molecule has 4 N–H and O–H groups in total. The lowest BCUT2D eigenvalue weighted by atomic mass is 10.0. The summed E-state index contributed by atoms with van der Waals surface area (Å²) in [6.45, 7) is 0.399. The molecule has 2 unspecified atom stereocenters. The molecule has 24 heavy (non-hydrogen) atoms. The highest BCUT2D eigenvalue weighted by atomic mass is 35.5. The van der Waals surface area contributed by atoms with Crippen LogP contribution in [0.25, 0.3) is 0 Å². The number of rotatable bonds is 8. The molecule has 0 aliphatic rings. The van der Waals surface area contributed by atoms with Crippen LogP contribution in [0.1, 0.15) is 17.0 Å². The van der Waals surface area contributed by atoms with Crippen molar-refractivity contribution in [2.24, 2.45) is 5.73 Å². The molecule has 0 saturated heterocycles. The number of benzene rings is 1. The minimum absolute atomic E-state index is 0.0966. The van der Waals surface area contributed by atoms with Gasteiger partial charge in [0.05, 0.1) is 11.2 Å². The van der Waals surface area contributed by atoms with Gasteiger partial charge in [0.1, 0.15) is 12.4 Å². The van der Waals surface area contributed by atoms with Gasteiger partial charge in [-0.15, -0.1) is 0 Å². The summed E-state index contributed by atoms with van der Waals surface area (Å²) in [6, 6.07) is 8.63. The first-order valence-corrected chi connectivity index (χ1v) is 9.25. The van der Waals surface area contributed by atoms with Gasteiger partial charge in [0.2, 0.25) is 0 Å². The molecule has 2 atom stereocenters. The van der Waals surface area contributed by atoms with E-state index in [9.17, 15) is 9.46 Å². The zero-order chi connectivity index (χ0) is 17.6. The molecule has 0 fully saturated rings. The monoisotopic (exact) mass is 372 g/mol. The van der Waals surface area contributed by atoms with E-state index in [1.165, 1.54) is 0 Å². The molecule has 0 amide bonds. The molecule has 2 rings (SSSR count). The van der Waals surface area contributed by atoms with Crippen molar-refractivity contribution in [3.05, 3.63) is 58.9 Å². The highest BCUT2D eigenvalue weighted by molar-refractivity contribution is 7.52. The van der Waals surface area contributed by atoms with Crippen molar-refractivity contribution in [2.75, 3.05) is 12.7 Å². The van der Waals surface area contributed by atoms with E-state index >= 15 is 0 Å². The predicted octanol–water partition coefficient (Wildman–Crippen LogP) is 3.03. The van der Waals surface area contributed by atoms with Gasteiger partial charge in [-0.2, -0.15) is 4.67 Å². The van der Waals surface area contributed by atoms with E-state index in [2.05, 4.69) is 9.66 Å². The van der Waals surface area contributed by atoms with Crippen LogP contribution in [0, 0.1) is 0 Å². The molecule has 0 saturated carbocycles. The maximum absolute atomic E-state index is 11.6. The van der Waals surface area contributed by atoms with Crippen LogP contribution in [0.5, 0.6) is 5.75 Å². The molecule has 0 bridgehead atoms. The topological polar surface area (TPSA) is 115 Å². The minimum atomic E-state index is -4.11. The quantitative estimate of drug-likeness (QED) is 0.370. The molecule has 0 radical (unpaired) electrons. The number of hydrogen-bond donors (Lipinski definition) is 3. The fraction of sp³-hybridized carbons (Fsp3) is 0.267.